The van der Waals surface area contributed by atoms with Gasteiger partial charge in [0.05, 0.1) is 6.21 Å². The van der Waals surface area contributed by atoms with Crippen LogP contribution in [-0.4, -0.2) is 46.0 Å². The second-order valence-corrected chi connectivity index (χ2v) is 4.90. The molecule has 0 aromatic rings. The minimum atomic E-state index is -4.34. The number of carbonyl (C=O) groups is 1. The summed E-state index contributed by atoms with van der Waals surface area (Å²) in [6.07, 6.45) is 0.877. The number of amides is 1. The molecule has 10 heteroatoms. The number of aliphatic imine (C=N–C) groups is 2. The van der Waals surface area contributed by atoms with Crippen LogP contribution in [0.15, 0.2) is 9.98 Å². The Morgan fingerprint density at radius 1 is 1.59 bits per heavy atom. The van der Waals surface area contributed by atoms with E-state index in [1.807, 2.05) is 0 Å². The summed E-state index contributed by atoms with van der Waals surface area (Å²) < 4.78 is 10.4. The van der Waals surface area contributed by atoms with E-state index in [0.717, 1.165) is 0 Å². The first-order valence-corrected chi connectivity index (χ1v) is 6.25. The van der Waals surface area contributed by atoms with Crippen LogP contribution >= 0.6 is 7.60 Å². The van der Waals surface area contributed by atoms with E-state index in [-0.39, 0.29) is 42.4 Å². The summed E-state index contributed by atoms with van der Waals surface area (Å²) in [5.41, 5.74) is 0. The zero-order chi connectivity index (χ0) is 12.2. The Labute approximate surface area is 120 Å². The fourth-order valence-electron chi connectivity index (χ4n) is 1.08. The van der Waals surface area contributed by atoms with Gasteiger partial charge in [0.2, 0.25) is 5.91 Å². The molecule has 1 heterocycles. The van der Waals surface area contributed by atoms with Crippen LogP contribution in [0.3, 0.4) is 0 Å². The second kappa shape index (κ2) is 7.38. The molecule has 0 fully saturated rings. The Hall–Kier alpha value is -0.0800. The Morgan fingerprint density at radius 3 is 2.71 bits per heavy atom. The molecular weight excluding hydrogens is 260 g/mol. The first kappa shape index (κ1) is 16.9. The molecule has 2 N–H and O–H groups in total. The van der Waals surface area contributed by atoms with Crippen LogP contribution in [0.5, 0.6) is 0 Å². The Balaban J connectivity index is 0.00000256. The van der Waals surface area contributed by atoms with E-state index >= 15 is 0 Å². The molecule has 0 saturated carbocycles. The van der Waals surface area contributed by atoms with E-state index in [2.05, 4.69) is 9.98 Å². The fourth-order valence-corrected chi connectivity index (χ4v) is 1.64. The van der Waals surface area contributed by atoms with Gasteiger partial charge in [-0.15, -0.1) is 0 Å². The fraction of sp³-hybridized carbons (Fsp3) is 0.571. The topological polar surface area (TPSA) is 126 Å². The van der Waals surface area contributed by atoms with E-state index in [1.165, 1.54) is 12.6 Å². The van der Waals surface area contributed by atoms with Gasteiger partial charge < -0.3 is 14.4 Å². The van der Waals surface area contributed by atoms with Crippen molar-refractivity contribution in [3.05, 3.63) is 0 Å². The van der Waals surface area contributed by atoms with E-state index in [4.69, 9.17) is 4.89 Å². The number of hydroxylamine groups is 2. The van der Waals surface area contributed by atoms with Crippen LogP contribution < -0.4 is 34.5 Å². The zero-order valence-electron chi connectivity index (χ0n) is 9.26. The molecule has 0 aliphatic carbocycles. The van der Waals surface area contributed by atoms with Gasteiger partial charge in [-0.05, 0) is 6.42 Å². The third kappa shape index (κ3) is 6.42. The number of nitrogens with zero attached hydrogens (tertiary/aromatic N) is 3. The first-order valence-electron chi connectivity index (χ1n) is 4.49. The molecule has 2 unspecified atom stereocenters. The Bertz CT molecular complexity index is 357. The van der Waals surface area contributed by atoms with Crippen LogP contribution in [0.4, 0.5) is 0 Å². The molecule has 1 amide bonds. The summed E-state index contributed by atoms with van der Waals surface area (Å²) in [6.45, 7) is 0. The van der Waals surface area contributed by atoms with Gasteiger partial charge in [-0.3, -0.25) is 10.0 Å². The molecule has 2 atom stereocenters. The van der Waals surface area contributed by atoms with Crippen LogP contribution in [0, 0.1) is 0 Å². The standard InChI is InChI=1S/C7H12N3O5P.Na/c11-7(2-1-3-16(13,14)15)10(12)6-4-8-5-9-6;/h4-6,12H,1-3H2,(H2,13,14,15);/q;+1/p-1. The average Bonchev–Trinajstić information content (AvgIpc) is 2.67. The van der Waals surface area contributed by atoms with Crippen LogP contribution in [-0.2, 0) is 9.36 Å². The largest absolute Gasteiger partial charge is 1.00 e. The number of hydrogen-bond acceptors (Lipinski definition) is 6. The summed E-state index contributed by atoms with van der Waals surface area (Å²) in [7, 11) is -4.34. The minimum absolute atomic E-state index is 0. The van der Waals surface area contributed by atoms with Gasteiger partial charge in [-0.2, -0.15) is 5.06 Å². The Kier molecular flexibility index (Phi) is 7.34. The van der Waals surface area contributed by atoms with Crippen LogP contribution in [0.2, 0.25) is 0 Å². The summed E-state index contributed by atoms with van der Waals surface area (Å²) in [5.74, 6) is -0.677. The maximum Gasteiger partial charge on any atom is 1.00 e. The number of rotatable bonds is 5. The molecule has 0 bridgehead atoms. The molecule has 0 spiro atoms. The van der Waals surface area contributed by atoms with Crippen molar-refractivity contribution < 1.29 is 53.9 Å². The van der Waals surface area contributed by atoms with Crippen molar-refractivity contribution in [2.75, 3.05) is 6.16 Å². The smallest absolute Gasteiger partial charge is 0.779 e. The predicted molar refractivity (Wildman–Crippen MR) is 53.3 cm³/mol. The maximum absolute atomic E-state index is 11.3. The first-order chi connectivity index (χ1) is 7.40. The molecular formula is C7H11N3NaO5P. The van der Waals surface area contributed by atoms with Gasteiger partial charge >= 0.3 is 29.6 Å². The van der Waals surface area contributed by atoms with Crippen molar-refractivity contribution in [1.82, 2.24) is 5.06 Å². The van der Waals surface area contributed by atoms with Gasteiger partial charge in [0.25, 0.3) is 0 Å². The molecule has 1 aliphatic heterocycles. The van der Waals surface area contributed by atoms with Gasteiger partial charge in [0.15, 0.2) is 6.17 Å². The summed E-state index contributed by atoms with van der Waals surface area (Å²) in [4.78, 5) is 37.4. The van der Waals surface area contributed by atoms with E-state index < -0.39 is 25.8 Å². The maximum atomic E-state index is 11.3. The van der Waals surface area contributed by atoms with Crippen molar-refractivity contribution in [2.24, 2.45) is 9.98 Å². The molecule has 0 aromatic carbocycles. The SMILES string of the molecule is O=C(CCCP(=O)([O-])O)N(O)C1C=NC=N1.[Na+]. The minimum Gasteiger partial charge on any atom is -0.779 e. The van der Waals surface area contributed by atoms with Crippen molar-refractivity contribution in [3.63, 3.8) is 0 Å². The van der Waals surface area contributed by atoms with Gasteiger partial charge in [-0.25, -0.2) is 9.98 Å². The zero-order valence-corrected chi connectivity index (χ0v) is 12.2. The molecule has 1 aliphatic rings. The monoisotopic (exact) mass is 271 g/mol. The van der Waals surface area contributed by atoms with Crippen molar-refractivity contribution in [3.8, 4) is 0 Å². The van der Waals surface area contributed by atoms with Gasteiger partial charge in [0.1, 0.15) is 13.9 Å². The van der Waals surface area contributed by atoms with Gasteiger partial charge in [0, 0.05) is 12.6 Å². The van der Waals surface area contributed by atoms with Crippen molar-refractivity contribution in [1.29, 1.82) is 0 Å². The quantitative estimate of drug-likeness (QED) is 0.228. The van der Waals surface area contributed by atoms with E-state index in [9.17, 15) is 19.5 Å². The summed E-state index contributed by atoms with van der Waals surface area (Å²) in [5, 5.41) is 9.69. The molecule has 0 radical (unpaired) electrons. The van der Waals surface area contributed by atoms with E-state index in [1.54, 1.807) is 0 Å². The van der Waals surface area contributed by atoms with Crippen LogP contribution in [0.25, 0.3) is 0 Å². The predicted octanol–water partition coefficient (Wildman–Crippen LogP) is -4.03. The summed E-state index contributed by atoms with van der Waals surface area (Å²) >= 11 is 0. The molecule has 0 aromatic heterocycles. The molecule has 17 heavy (non-hydrogen) atoms. The van der Waals surface area contributed by atoms with Crippen molar-refractivity contribution in [2.45, 2.75) is 19.0 Å². The Morgan fingerprint density at radius 2 is 2.24 bits per heavy atom. The summed E-state index contributed by atoms with van der Waals surface area (Å²) in [6, 6.07) is 0. The number of carbonyl (C=O) groups excluding carboxylic acids is 1. The molecule has 8 nitrogen and oxygen atoms in total. The number of hydrogen-bond donors (Lipinski definition) is 2. The molecule has 90 valence electrons. The van der Waals surface area contributed by atoms with E-state index in [0.29, 0.717) is 5.06 Å². The third-order valence-electron chi connectivity index (χ3n) is 1.84. The van der Waals surface area contributed by atoms with Crippen LogP contribution in [0.1, 0.15) is 12.8 Å². The second-order valence-electron chi connectivity index (χ2n) is 3.18. The normalized spacial score (nSPS) is 20.8. The average molecular weight is 271 g/mol. The third-order valence-corrected chi connectivity index (χ3v) is 2.72. The molecule has 1 rings (SSSR count). The molecule has 0 saturated heterocycles. The van der Waals surface area contributed by atoms with Crippen molar-refractivity contribution >= 4 is 26.1 Å². The van der Waals surface area contributed by atoms with Gasteiger partial charge in [-0.1, -0.05) is 0 Å².